The summed E-state index contributed by atoms with van der Waals surface area (Å²) in [6.07, 6.45) is 0. The maximum atomic E-state index is 6.29. The molecule has 0 aliphatic rings. The Balaban J connectivity index is 1.09. The maximum absolute atomic E-state index is 6.29. The fourth-order valence-electron chi connectivity index (χ4n) is 7.78. The van der Waals surface area contributed by atoms with Crippen LogP contribution in [0.1, 0.15) is 0 Å². The summed E-state index contributed by atoms with van der Waals surface area (Å²) in [5.74, 6) is 1.82. The Labute approximate surface area is 314 Å². The molecule has 0 bridgehead atoms. The molecule has 252 valence electrons. The van der Waals surface area contributed by atoms with E-state index in [1.807, 2.05) is 47.7 Å². The Morgan fingerprint density at radius 1 is 0.352 bits per heavy atom. The lowest BCUT2D eigenvalue weighted by molar-refractivity contribution is 0.669. The number of aromatic nitrogens is 3. The lowest BCUT2D eigenvalue weighted by atomic mass is 9.95. The highest BCUT2D eigenvalue weighted by molar-refractivity contribution is 7.26. The number of benzene rings is 8. The van der Waals surface area contributed by atoms with E-state index >= 15 is 0 Å². The summed E-state index contributed by atoms with van der Waals surface area (Å²) >= 11 is 1.86. The zero-order chi connectivity index (χ0) is 35.6. The summed E-state index contributed by atoms with van der Waals surface area (Å²) in [6.45, 7) is 0. The number of thiophene rings is 1. The molecule has 0 spiro atoms. The molecular weight excluding hydrogens is 679 g/mol. The van der Waals surface area contributed by atoms with Crippen LogP contribution in [0.25, 0.3) is 109 Å². The average molecular weight is 708 g/mol. The second kappa shape index (κ2) is 12.3. The first-order valence-electron chi connectivity index (χ1n) is 18.0. The molecule has 4 nitrogen and oxygen atoms in total. The summed E-state index contributed by atoms with van der Waals surface area (Å²) < 4.78 is 8.90. The first kappa shape index (κ1) is 30.7. The number of fused-ring (bicyclic) bond motifs is 7. The molecule has 0 aliphatic heterocycles. The molecular formula is C49H29N3OS. The number of hydrogen-bond acceptors (Lipinski definition) is 5. The summed E-state index contributed by atoms with van der Waals surface area (Å²) in [4.78, 5) is 15.5. The van der Waals surface area contributed by atoms with E-state index in [4.69, 9.17) is 19.4 Å². The van der Waals surface area contributed by atoms with Crippen molar-refractivity contribution in [2.24, 2.45) is 0 Å². The molecule has 3 heterocycles. The Morgan fingerprint density at radius 3 is 1.83 bits per heavy atom. The van der Waals surface area contributed by atoms with Crippen molar-refractivity contribution >= 4 is 64.2 Å². The van der Waals surface area contributed by atoms with E-state index in [-0.39, 0.29) is 0 Å². The Bertz CT molecular complexity index is 3230. The van der Waals surface area contributed by atoms with E-state index in [1.54, 1.807) is 0 Å². The number of furan rings is 1. The molecule has 11 rings (SSSR count). The Morgan fingerprint density at radius 2 is 0.963 bits per heavy atom. The third kappa shape index (κ3) is 5.01. The van der Waals surface area contributed by atoms with Crippen LogP contribution < -0.4 is 0 Å². The molecule has 0 N–H and O–H groups in total. The Kier molecular flexibility index (Phi) is 7.00. The predicted octanol–water partition coefficient (Wildman–Crippen LogP) is 13.6. The molecule has 0 aliphatic carbocycles. The van der Waals surface area contributed by atoms with Crippen LogP contribution in [0.4, 0.5) is 0 Å². The van der Waals surface area contributed by atoms with Gasteiger partial charge in [-0.05, 0) is 57.8 Å². The van der Waals surface area contributed by atoms with E-state index in [2.05, 4.69) is 140 Å². The molecule has 0 radical (unpaired) electrons. The van der Waals surface area contributed by atoms with Crippen LogP contribution in [0.3, 0.4) is 0 Å². The summed E-state index contributed by atoms with van der Waals surface area (Å²) in [5.41, 5.74) is 9.01. The quantitative estimate of drug-likeness (QED) is 0.179. The molecule has 0 atom stereocenters. The molecule has 0 unspecified atom stereocenters. The highest BCUT2D eigenvalue weighted by Gasteiger charge is 2.18. The van der Waals surface area contributed by atoms with Crippen LogP contribution in [-0.2, 0) is 0 Å². The third-order valence-electron chi connectivity index (χ3n) is 10.4. The molecule has 3 aromatic heterocycles. The predicted molar refractivity (Wildman–Crippen MR) is 225 cm³/mol. The minimum atomic E-state index is 0.588. The van der Waals surface area contributed by atoms with Crippen LogP contribution in [0.2, 0.25) is 0 Å². The minimum Gasteiger partial charge on any atom is -0.456 e. The summed E-state index contributed by atoms with van der Waals surface area (Å²) in [5, 5.41) is 7.06. The van der Waals surface area contributed by atoms with Crippen molar-refractivity contribution in [2.75, 3.05) is 0 Å². The van der Waals surface area contributed by atoms with Crippen molar-refractivity contribution in [1.82, 2.24) is 15.0 Å². The second-order valence-electron chi connectivity index (χ2n) is 13.5. The van der Waals surface area contributed by atoms with Gasteiger partial charge in [0.25, 0.3) is 0 Å². The van der Waals surface area contributed by atoms with E-state index in [0.29, 0.717) is 17.5 Å². The van der Waals surface area contributed by atoms with Gasteiger partial charge in [0.2, 0.25) is 0 Å². The van der Waals surface area contributed by atoms with Crippen LogP contribution in [0.15, 0.2) is 180 Å². The fraction of sp³-hybridized carbons (Fsp3) is 0. The van der Waals surface area contributed by atoms with Gasteiger partial charge in [-0.1, -0.05) is 146 Å². The standard InChI is InChI=1S/C49H29N3OS/c1-2-12-30(13-3-1)34-15-4-5-18-42(34)49-51-47(50-48(52-49)33-25-27-38-37-16-6-8-22-43(37)53-44(38)29-33)32-24-26-35-31(28-32)14-10-19-36(35)40-20-11-21-41-39-17-7-9-23-45(39)54-46(40)41/h1-29H. The number of para-hydroxylation sites is 1. The molecule has 0 saturated carbocycles. The first-order valence-corrected chi connectivity index (χ1v) is 18.8. The van der Waals surface area contributed by atoms with Gasteiger partial charge in [-0.3, -0.25) is 0 Å². The number of nitrogens with zero attached hydrogens (tertiary/aromatic N) is 3. The van der Waals surface area contributed by atoms with Gasteiger partial charge in [0.15, 0.2) is 17.5 Å². The van der Waals surface area contributed by atoms with E-state index in [0.717, 1.165) is 55.1 Å². The average Bonchev–Trinajstić information content (AvgIpc) is 3.82. The van der Waals surface area contributed by atoms with Crippen LogP contribution in [0, 0.1) is 0 Å². The lowest BCUT2D eigenvalue weighted by Gasteiger charge is -2.13. The summed E-state index contributed by atoms with van der Waals surface area (Å²) in [7, 11) is 0. The minimum absolute atomic E-state index is 0.588. The molecule has 54 heavy (non-hydrogen) atoms. The van der Waals surface area contributed by atoms with E-state index in [9.17, 15) is 0 Å². The monoisotopic (exact) mass is 707 g/mol. The topological polar surface area (TPSA) is 51.8 Å². The molecule has 0 amide bonds. The molecule has 5 heteroatoms. The van der Waals surface area contributed by atoms with Crippen molar-refractivity contribution in [1.29, 1.82) is 0 Å². The van der Waals surface area contributed by atoms with Crippen molar-refractivity contribution in [3.63, 3.8) is 0 Å². The second-order valence-corrected chi connectivity index (χ2v) is 14.6. The largest absolute Gasteiger partial charge is 0.456 e. The van der Waals surface area contributed by atoms with Gasteiger partial charge in [0, 0.05) is 53.2 Å². The fourth-order valence-corrected chi connectivity index (χ4v) is 9.01. The van der Waals surface area contributed by atoms with Gasteiger partial charge < -0.3 is 4.42 Å². The molecule has 0 saturated heterocycles. The van der Waals surface area contributed by atoms with Crippen molar-refractivity contribution < 1.29 is 4.42 Å². The normalized spacial score (nSPS) is 11.7. The summed E-state index contributed by atoms with van der Waals surface area (Å²) in [6, 6.07) is 61.5. The highest BCUT2D eigenvalue weighted by Crippen LogP contribution is 2.42. The van der Waals surface area contributed by atoms with Gasteiger partial charge in [-0.15, -0.1) is 11.3 Å². The van der Waals surface area contributed by atoms with E-state index < -0.39 is 0 Å². The van der Waals surface area contributed by atoms with Gasteiger partial charge in [0.05, 0.1) is 0 Å². The van der Waals surface area contributed by atoms with E-state index in [1.165, 1.54) is 36.7 Å². The zero-order valence-corrected chi connectivity index (χ0v) is 29.7. The van der Waals surface area contributed by atoms with Crippen molar-refractivity contribution in [3.05, 3.63) is 176 Å². The number of rotatable bonds is 5. The zero-order valence-electron chi connectivity index (χ0n) is 28.9. The molecule has 11 aromatic rings. The maximum Gasteiger partial charge on any atom is 0.164 e. The van der Waals surface area contributed by atoms with Crippen LogP contribution >= 0.6 is 11.3 Å². The van der Waals surface area contributed by atoms with Crippen molar-refractivity contribution in [2.45, 2.75) is 0 Å². The van der Waals surface area contributed by atoms with Gasteiger partial charge in [-0.25, -0.2) is 15.0 Å². The lowest BCUT2D eigenvalue weighted by Crippen LogP contribution is -2.01. The molecule has 0 fully saturated rings. The van der Waals surface area contributed by atoms with Gasteiger partial charge in [0.1, 0.15) is 11.2 Å². The first-order chi connectivity index (χ1) is 26.7. The van der Waals surface area contributed by atoms with Crippen LogP contribution in [0.5, 0.6) is 0 Å². The van der Waals surface area contributed by atoms with Crippen LogP contribution in [-0.4, -0.2) is 15.0 Å². The highest BCUT2D eigenvalue weighted by atomic mass is 32.1. The van der Waals surface area contributed by atoms with Gasteiger partial charge >= 0.3 is 0 Å². The smallest absolute Gasteiger partial charge is 0.164 e. The van der Waals surface area contributed by atoms with Crippen molar-refractivity contribution in [3.8, 4) is 56.4 Å². The Hall–Kier alpha value is -6.95. The van der Waals surface area contributed by atoms with Gasteiger partial charge in [-0.2, -0.15) is 0 Å². The SMILES string of the molecule is c1ccc(-c2ccccc2-c2nc(-c3ccc4c(-c5cccc6c5sc5ccccc56)cccc4c3)nc(-c3ccc4c(c3)oc3ccccc34)n2)cc1. The molecule has 8 aromatic carbocycles. The number of hydrogen-bond donors (Lipinski definition) is 0. The third-order valence-corrected chi connectivity index (χ3v) is 11.6.